The Balaban J connectivity index is 1.47. The predicted molar refractivity (Wildman–Crippen MR) is 119 cm³/mol. The normalized spacial score (nSPS) is 10.9. The second-order valence-corrected chi connectivity index (χ2v) is 7.90. The highest BCUT2D eigenvalue weighted by atomic mass is 32.1. The molecule has 4 aromatic rings. The van der Waals surface area contributed by atoms with Crippen LogP contribution in [-0.4, -0.2) is 34.7 Å². The van der Waals surface area contributed by atoms with Gasteiger partial charge in [0.1, 0.15) is 17.9 Å². The van der Waals surface area contributed by atoms with Gasteiger partial charge in [-0.2, -0.15) is 0 Å². The van der Waals surface area contributed by atoms with Gasteiger partial charge in [-0.3, -0.25) is 0 Å². The number of anilines is 1. The van der Waals surface area contributed by atoms with E-state index in [1.807, 2.05) is 0 Å². The lowest BCUT2D eigenvalue weighted by Crippen LogP contribution is -2.07. The first kappa shape index (κ1) is 19.8. The third-order valence-electron chi connectivity index (χ3n) is 5.01. The van der Waals surface area contributed by atoms with Gasteiger partial charge in [0.2, 0.25) is 0 Å². The zero-order valence-electron chi connectivity index (χ0n) is 16.7. The molecule has 2 aromatic heterocycles. The molecular formula is C23H21N3O3S. The van der Waals surface area contributed by atoms with Gasteiger partial charge in [-0.05, 0) is 35.2 Å². The number of rotatable bonds is 6. The van der Waals surface area contributed by atoms with Crippen LogP contribution in [0.1, 0.15) is 20.8 Å². The van der Waals surface area contributed by atoms with E-state index < -0.39 is 5.97 Å². The van der Waals surface area contributed by atoms with E-state index in [2.05, 4.69) is 63.3 Å². The summed E-state index contributed by atoms with van der Waals surface area (Å²) in [5, 5.41) is 15.8. The average molecular weight is 420 g/mol. The number of hydrogen-bond acceptors (Lipinski definition) is 7. The number of nitrogens with zero attached hydrogens (tertiary/aromatic N) is 2. The van der Waals surface area contributed by atoms with Crippen molar-refractivity contribution in [2.75, 3.05) is 19.0 Å². The number of esters is 1. The van der Waals surface area contributed by atoms with Crippen molar-refractivity contribution in [3.63, 3.8) is 0 Å². The Morgan fingerprint density at radius 1 is 1.17 bits per heavy atom. The molecule has 6 nitrogen and oxygen atoms in total. The quantitative estimate of drug-likeness (QED) is 0.436. The lowest BCUT2D eigenvalue weighted by atomic mass is 9.98. The number of ether oxygens (including phenoxy) is 1. The van der Waals surface area contributed by atoms with Gasteiger partial charge in [-0.1, -0.05) is 36.4 Å². The van der Waals surface area contributed by atoms with Crippen molar-refractivity contribution in [3.05, 3.63) is 70.9 Å². The number of benzene rings is 2. The third kappa shape index (κ3) is 3.97. The maximum Gasteiger partial charge on any atom is 0.351 e. The summed E-state index contributed by atoms with van der Waals surface area (Å²) in [6, 6.07) is 16.0. The molecule has 30 heavy (non-hydrogen) atoms. The Morgan fingerprint density at radius 3 is 2.83 bits per heavy atom. The first-order chi connectivity index (χ1) is 14.6. The van der Waals surface area contributed by atoms with Crippen LogP contribution in [0.25, 0.3) is 21.3 Å². The lowest BCUT2D eigenvalue weighted by molar-refractivity contribution is 0.0603. The summed E-state index contributed by atoms with van der Waals surface area (Å²) in [5.74, 6) is 0.00890. The van der Waals surface area contributed by atoms with Crippen LogP contribution in [0.15, 0.2) is 54.9 Å². The molecule has 0 radical (unpaired) electrons. The summed E-state index contributed by atoms with van der Waals surface area (Å²) in [6.45, 7) is 2.88. The van der Waals surface area contributed by atoms with Gasteiger partial charge >= 0.3 is 5.97 Å². The van der Waals surface area contributed by atoms with Gasteiger partial charge in [-0.15, -0.1) is 11.3 Å². The molecule has 4 rings (SSSR count). The van der Waals surface area contributed by atoms with Crippen LogP contribution in [0.2, 0.25) is 0 Å². The maximum atomic E-state index is 11.7. The average Bonchev–Trinajstić information content (AvgIpc) is 3.17. The number of carbonyl (C=O) groups is 1. The number of hydrogen-bond donors (Lipinski definition) is 2. The zero-order chi connectivity index (χ0) is 21.1. The molecule has 0 aliphatic heterocycles. The Morgan fingerprint density at radius 2 is 2.00 bits per heavy atom. The fraction of sp³-hybridized carbons (Fsp3) is 0.174. The van der Waals surface area contributed by atoms with Gasteiger partial charge in [-0.25, -0.2) is 14.8 Å². The molecule has 0 amide bonds. The van der Waals surface area contributed by atoms with Crippen molar-refractivity contribution < 1.29 is 14.6 Å². The topological polar surface area (TPSA) is 84.3 Å². The summed E-state index contributed by atoms with van der Waals surface area (Å²) < 4.78 is 4.69. The molecule has 0 unspecified atom stereocenters. The van der Waals surface area contributed by atoms with E-state index in [4.69, 9.17) is 0 Å². The van der Waals surface area contributed by atoms with Crippen molar-refractivity contribution >= 4 is 33.9 Å². The van der Waals surface area contributed by atoms with E-state index in [9.17, 15) is 9.90 Å². The van der Waals surface area contributed by atoms with Gasteiger partial charge in [0, 0.05) is 18.7 Å². The third-order valence-corrected chi connectivity index (χ3v) is 6.14. The van der Waals surface area contributed by atoms with E-state index in [0.717, 1.165) is 24.3 Å². The number of carbonyl (C=O) groups excluding carboxylic acids is 1. The molecule has 2 N–H and O–H groups in total. The predicted octanol–water partition coefficient (Wildman–Crippen LogP) is 4.81. The van der Waals surface area contributed by atoms with E-state index >= 15 is 0 Å². The number of fused-ring (bicyclic) bond motifs is 1. The monoisotopic (exact) mass is 419 g/mol. The standard InChI is InChI=1S/C23H21N3O3S/c1-14-15(7-8-16-5-3-4-6-17(14)16)9-10-24-21-11-18(25-13-26-21)20-12-19(27)22(30-20)23(28)29-2/h3-8,11-13,27H,9-10H2,1-2H3,(H,24,25,26). The van der Waals surface area contributed by atoms with Crippen LogP contribution >= 0.6 is 11.3 Å². The zero-order valence-corrected chi connectivity index (χ0v) is 17.5. The SMILES string of the molecule is COC(=O)c1sc(-c2cc(NCCc3ccc4ccccc4c3C)ncn2)cc1O. The van der Waals surface area contributed by atoms with Crippen LogP contribution in [0, 0.1) is 6.92 Å². The number of nitrogens with one attached hydrogen (secondary N) is 1. The van der Waals surface area contributed by atoms with Crippen LogP contribution in [0.4, 0.5) is 5.82 Å². The lowest BCUT2D eigenvalue weighted by Gasteiger charge is -2.11. The van der Waals surface area contributed by atoms with Crippen molar-refractivity contribution in [2.24, 2.45) is 0 Å². The number of methoxy groups -OCH3 is 1. The van der Waals surface area contributed by atoms with Crippen LogP contribution in [0.5, 0.6) is 5.75 Å². The molecular weight excluding hydrogens is 398 g/mol. The van der Waals surface area contributed by atoms with Gasteiger partial charge < -0.3 is 15.2 Å². The minimum absolute atomic E-state index is 0.109. The van der Waals surface area contributed by atoms with Gasteiger partial charge in [0.05, 0.1) is 17.7 Å². The Kier molecular flexibility index (Phi) is 5.63. The summed E-state index contributed by atoms with van der Waals surface area (Å²) in [7, 11) is 1.28. The molecule has 2 heterocycles. The highest BCUT2D eigenvalue weighted by Crippen LogP contribution is 2.35. The smallest absolute Gasteiger partial charge is 0.351 e. The Hall–Kier alpha value is -3.45. The maximum absolute atomic E-state index is 11.7. The van der Waals surface area contributed by atoms with Crippen molar-refractivity contribution in [3.8, 4) is 16.3 Å². The van der Waals surface area contributed by atoms with Crippen molar-refractivity contribution in [1.82, 2.24) is 9.97 Å². The molecule has 152 valence electrons. The molecule has 7 heteroatoms. The summed E-state index contributed by atoms with van der Waals surface area (Å²) in [6.07, 6.45) is 2.33. The molecule has 2 aromatic carbocycles. The number of thiophene rings is 1. The van der Waals surface area contributed by atoms with E-state index in [1.165, 1.54) is 41.4 Å². The molecule has 0 fully saturated rings. The number of aromatic nitrogens is 2. The van der Waals surface area contributed by atoms with E-state index in [0.29, 0.717) is 16.4 Å². The van der Waals surface area contributed by atoms with Crippen LogP contribution in [0.3, 0.4) is 0 Å². The largest absolute Gasteiger partial charge is 0.506 e. The highest BCUT2D eigenvalue weighted by molar-refractivity contribution is 7.17. The second kappa shape index (κ2) is 8.51. The minimum Gasteiger partial charge on any atom is -0.506 e. The number of aryl methyl sites for hydroxylation is 1. The van der Waals surface area contributed by atoms with Gasteiger partial charge in [0.25, 0.3) is 0 Å². The Bertz CT molecular complexity index is 1220. The summed E-state index contributed by atoms with van der Waals surface area (Å²) in [4.78, 5) is 21.1. The second-order valence-electron chi connectivity index (χ2n) is 6.85. The first-order valence-electron chi connectivity index (χ1n) is 9.51. The summed E-state index contributed by atoms with van der Waals surface area (Å²) >= 11 is 1.14. The van der Waals surface area contributed by atoms with Crippen molar-refractivity contribution in [1.29, 1.82) is 0 Å². The number of aromatic hydroxyl groups is 1. The molecule has 0 aliphatic carbocycles. The molecule has 0 saturated heterocycles. The highest BCUT2D eigenvalue weighted by Gasteiger charge is 2.18. The first-order valence-corrected chi connectivity index (χ1v) is 10.3. The molecule has 0 aliphatic rings. The van der Waals surface area contributed by atoms with Gasteiger partial charge in [0.15, 0.2) is 4.88 Å². The fourth-order valence-electron chi connectivity index (χ4n) is 3.40. The van der Waals surface area contributed by atoms with Crippen LogP contribution in [-0.2, 0) is 11.2 Å². The van der Waals surface area contributed by atoms with Crippen LogP contribution < -0.4 is 5.32 Å². The molecule has 0 spiro atoms. The molecule has 0 bridgehead atoms. The molecule has 0 saturated carbocycles. The summed E-state index contributed by atoms with van der Waals surface area (Å²) in [5.41, 5.74) is 3.22. The minimum atomic E-state index is -0.568. The van der Waals surface area contributed by atoms with E-state index in [-0.39, 0.29) is 10.6 Å². The fourth-order valence-corrected chi connectivity index (χ4v) is 4.34. The Labute approximate surface area is 178 Å². The van der Waals surface area contributed by atoms with E-state index in [1.54, 1.807) is 6.07 Å². The molecule has 0 atom stereocenters. The van der Waals surface area contributed by atoms with Crippen molar-refractivity contribution in [2.45, 2.75) is 13.3 Å².